The summed E-state index contributed by atoms with van der Waals surface area (Å²) in [4.78, 5) is 20.5. The third kappa shape index (κ3) is 2.38. The predicted octanol–water partition coefficient (Wildman–Crippen LogP) is 3.62. The van der Waals surface area contributed by atoms with Gasteiger partial charge in [0.05, 0.1) is 12.0 Å². The summed E-state index contributed by atoms with van der Waals surface area (Å²) in [6.45, 7) is 2.01. The van der Waals surface area contributed by atoms with Crippen LogP contribution in [-0.2, 0) is 19.9 Å². The first-order valence-corrected chi connectivity index (χ1v) is 7.76. The molecule has 4 rings (SSSR count). The standard InChI is InChI=1S/C18H19N3O.ClH/c1-11-14(20-10-19-11)9-12-7-8-16-17(18(12)22)13-5-3-4-6-15(13)21(16)2;/h3-6,10,12H,7-9H2,1-2H3,(H,19,20);1H. The summed E-state index contributed by atoms with van der Waals surface area (Å²) in [5.41, 5.74) is 5.35. The van der Waals surface area contributed by atoms with E-state index in [2.05, 4.69) is 33.7 Å². The summed E-state index contributed by atoms with van der Waals surface area (Å²) in [6, 6.07) is 8.20. The number of nitrogens with one attached hydrogen (secondary N) is 1. The van der Waals surface area contributed by atoms with Crippen molar-refractivity contribution in [1.82, 2.24) is 14.5 Å². The van der Waals surface area contributed by atoms with Crippen LogP contribution >= 0.6 is 12.4 Å². The van der Waals surface area contributed by atoms with Gasteiger partial charge in [0, 0.05) is 47.2 Å². The normalized spacial score (nSPS) is 17.1. The van der Waals surface area contributed by atoms with Gasteiger partial charge in [-0.05, 0) is 25.8 Å². The number of para-hydroxylation sites is 1. The summed E-state index contributed by atoms with van der Waals surface area (Å²) in [5, 5.41) is 1.09. The Balaban J connectivity index is 0.00000156. The van der Waals surface area contributed by atoms with Gasteiger partial charge in [0.2, 0.25) is 0 Å². The molecule has 0 amide bonds. The van der Waals surface area contributed by atoms with Crippen LogP contribution in [0.15, 0.2) is 30.6 Å². The molecular formula is C18H20ClN3O. The maximum atomic E-state index is 13.0. The first kappa shape index (κ1) is 15.8. The van der Waals surface area contributed by atoms with E-state index < -0.39 is 0 Å². The monoisotopic (exact) mass is 329 g/mol. The fourth-order valence-electron chi connectivity index (χ4n) is 3.68. The van der Waals surface area contributed by atoms with Gasteiger partial charge in [-0.25, -0.2) is 4.98 Å². The number of aromatic nitrogens is 3. The van der Waals surface area contributed by atoms with Gasteiger partial charge in [-0.2, -0.15) is 0 Å². The molecule has 0 saturated carbocycles. The molecule has 1 aliphatic rings. The topological polar surface area (TPSA) is 50.7 Å². The smallest absolute Gasteiger partial charge is 0.168 e. The molecule has 0 bridgehead atoms. The molecule has 1 unspecified atom stereocenters. The van der Waals surface area contributed by atoms with Gasteiger partial charge in [0.15, 0.2) is 5.78 Å². The summed E-state index contributed by atoms with van der Waals surface area (Å²) < 4.78 is 2.18. The van der Waals surface area contributed by atoms with Crippen molar-refractivity contribution in [1.29, 1.82) is 0 Å². The lowest BCUT2D eigenvalue weighted by atomic mass is 9.82. The number of benzene rings is 1. The number of H-pyrrole nitrogens is 1. The number of rotatable bonds is 2. The Bertz CT molecular complexity index is 878. The number of carbonyl (C=O) groups is 1. The van der Waals surface area contributed by atoms with E-state index in [1.165, 1.54) is 5.69 Å². The second kappa shape index (κ2) is 5.85. The Morgan fingerprint density at radius 2 is 2.13 bits per heavy atom. The molecular weight excluding hydrogens is 310 g/mol. The Morgan fingerprint density at radius 1 is 1.35 bits per heavy atom. The quantitative estimate of drug-likeness (QED) is 0.780. The van der Waals surface area contributed by atoms with E-state index in [-0.39, 0.29) is 24.1 Å². The third-order valence-corrected chi connectivity index (χ3v) is 4.95. The van der Waals surface area contributed by atoms with Gasteiger partial charge in [-0.1, -0.05) is 18.2 Å². The fraction of sp³-hybridized carbons (Fsp3) is 0.333. The van der Waals surface area contributed by atoms with Crippen LogP contribution in [0.1, 0.15) is 33.9 Å². The van der Waals surface area contributed by atoms with Crippen molar-refractivity contribution in [3.8, 4) is 0 Å². The van der Waals surface area contributed by atoms with E-state index >= 15 is 0 Å². The zero-order chi connectivity index (χ0) is 15.3. The molecule has 1 atom stereocenters. The Labute approximate surface area is 141 Å². The van der Waals surface area contributed by atoms with Gasteiger partial charge >= 0.3 is 0 Å². The molecule has 1 N–H and O–H groups in total. The van der Waals surface area contributed by atoms with E-state index in [4.69, 9.17) is 0 Å². The molecule has 1 aromatic carbocycles. The van der Waals surface area contributed by atoms with Crippen molar-refractivity contribution in [2.75, 3.05) is 0 Å². The lowest BCUT2D eigenvalue weighted by Crippen LogP contribution is -2.25. The Hall–Kier alpha value is -2.07. The lowest BCUT2D eigenvalue weighted by molar-refractivity contribution is 0.0901. The summed E-state index contributed by atoms with van der Waals surface area (Å²) in [7, 11) is 2.06. The van der Waals surface area contributed by atoms with E-state index in [9.17, 15) is 4.79 Å². The van der Waals surface area contributed by atoms with E-state index in [0.29, 0.717) is 0 Å². The minimum Gasteiger partial charge on any atom is -0.348 e. The maximum absolute atomic E-state index is 13.0. The molecule has 0 spiro atoms. The molecule has 0 saturated heterocycles. The van der Waals surface area contributed by atoms with Crippen LogP contribution < -0.4 is 0 Å². The number of hydrogen-bond donors (Lipinski definition) is 1. The van der Waals surface area contributed by atoms with Gasteiger partial charge in [0.1, 0.15) is 0 Å². The van der Waals surface area contributed by atoms with Crippen molar-refractivity contribution in [3.05, 3.63) is 53.2 Å². The van der Waals surface area contributed by atoms with Gasteiger partial charge in [0.25, 0.3) is 0 Å². The van der Waals surface area contributed by atoms with Gasteiger partial charge < -0.3 is 9.55 Å². The molecule has 5 heteroatoms. The zero-order valence-electron chi connectivity index (χ0n) is 13.3. The van der Waals surface area contributed by atoms with Crippen molar-refractivity contribution in [2.24, 2.45) is 13.0 Å². The highest BCUT2D eigenvalue weighted by atomic mass is 35.5. The minimum atomic E-state index is 0. The number of aromatic amines is 1. The van der Waals surface area contributed by atoms with Crippen LogP contribution in [0.5, 0.6) is 0 Å². The second-order valence-electron chi connectivity index (χ2n) is 6.18. The van der Waals surface area contributed by atoms with E-state index in [1.54, 1.807) is 6.33 Å². The fourth-order valence-corrected chi connectivity index (χ4v) is 3.68. The van der Waals surface area contributed by atoms with Crippen molar-refractivity contribution in [2.45, 2.75) is 26.2 Å². The zero-order valence-corrected chi connectivity index (χ0v) is 14.1. The van der Waals surface area contributed by atoms with Crippen LogP contribution in [0.3, 0.4) is 0 Å². The molecule has 2 heterocycles. The minimum absolute atomic E-state index is 0. The molecule has 23 heavy (non-hydrogen) atoms. The molecule has 1 aliphatic carbocycles. The number of carbonyl (C=O) groups excluding carboxylic acids is 1. The highest BCUT2D eigenvalue weighted by molar-refractivity contribution is 6.11. The maximum Gasteiger partial charge on any atom is 0.168 e. The highest BCUT2D eigenvalue weighted by Crippen LogP contribution is 2.34. The number of ketones is 1. The van der Waals surface area contributed by atoms with Crippen molar-refractivity contribution >= 4 is 29.1 Å². The van der Waals surface area contributed by atoms with Crippen LogP contribution in [0.2, 0.25) is 0 Å². The van der Waals surface area contributed by atoms with Gasteiger partial charge in [-0.3, -0.25) is 4.79 Å². The van der Waals surface area contributed by atoms with Crippen LogP contribution in [-0.4, -0.2) is 20.3 Å². The molecule has 3 aromatic rings. The molecule has 0 aliphatic heterocycles. The number of nitrogens with zero attached hydrogens (tertiary/aromatic N) is 2. The van der Waals surface area contributed by atoms with Crippen LogP contribution in [0, 0.1) is 12.8 Å². The van der Waals surface area contributed by atoms with Crippen LogP contribution in [0.25, 0.3) is 10.9 Å². The van der Waals surface area contributed by atoms with E-state index in [0.717, 1.165) is 47.1 Å². The molecule has 2 aromatic heterocycles. The Morgan fingerprint density at radius 3 is 2.87 bits per heavy atom. The number of fused-ring (bicyclic) bond motifs is 3. The first-order valence-electron chi connectivity index (χ1n) is 7.76. The number of imidazole rings is 1. The second-order valence-corrected chi connectivity index (χ2v) is 6.18. The largest absolute Gasteiger partial charge is 0.348 e. The third-order valence-electron chi connectivity index (χ3n) is 4.95. The molecule has 120 valence electrons. The molecule has 0 radical (unpaired) electrons. The number of Topliss-reactive ketones (excluding diaryl/α,β-unsaturated/α-hetero) is 1. The lowest BCUT2D eigenvalue weighted by Gasteiger charge is -2.21. The first-order chi connectivity index (χ1) is 10.7. The number of aryl methyl sites for hydroxylation is 2. The average molecular weight is 330 g/mol. The van der Waals surface area contributed by atoms with Crippen molar-refractivity contribution < 1.29 is 4.79 Å². The predicted molar refractivity (Wildman–Crippen MR) is 93.3 cm³/mol. The van der Waals surface area contributed by atoms with Crippen molar-refractivity contribution in [3.63, 3.8) is 0 Å². The summed E-state index contributed by atoms with van der Waals surface area (Å²) in [5.74, 6) is 0.320. The molecule has 0 fully saturated rings. The van der Waals surface area contributed by atoms with E-state index in [1.807, 2.05) is 19.1 Å². The SMILES string of the molecule is Cc1[nH]cnc1CC1CCc2c(c3ccccc3n2C)C1=O.Cl. The number of halogens is 1. The summed E-state index contributed by atoms with van der Waals surface area (Å²) >= 11 is 0. The molecule has 4 nitrogen and oxygen atoms in total. The van der Waals surface area contributed by atoms with Crippen LogP contribution in [0.4, 0.5) is 0 Å². The van der Waals surface area contributed by atoms with Gasteiger partial charge in [-0.15, -0.1) is 12.4 Å². The summed E-state index contributed by atoms with van der Waals surface area (Å²) in [6.07, 6.45) is 4.31. The average Bonchev–Trinajstić information content (AvgIpc) is 3.05. The number of hydrogen-bond acceptors (Lipinski definition) is 2. The Kier molecular flexibility index (Phi) is 4.02. The highest BCUT2D eigenvalue weighted by Gasteiger charge is 2.32.